The number of hydrogen-bond donors (Lipinski definition) is 2. The highest BCUT2D eigenvalue weighted by Gasteiger charge is 2.19. The van der Waals surface area contributed by atoms with Crippen LogP contribution in [0.5, 0.6) is 5.75 Å². The summed E-state index contributed by atoms with van der Waals surface area (Å²) in [5, 5.41) is 5.49. The fourth-order valence-electron chi connectivity index (χ4n) is 2.83. The molecule has 2 aromatic carbocycles. The zero-order chi connectivity index (χ0) is 17.6. The number of likely N-dealkylation sites (tertiary alicyclic amines) is 1. The Hall–Kier alpha value is -3.02. The van der Waals surface area contributed by atoms with Gasteiger partial charge in [0.1, 0.15) is 5.75 Å². The Morgan fingerprint density at radius 1 is 0.960 bits per heavy atom. The molecule has 1 aliphatic rings. The van der Waals surface area contributed by atoms with Crippen LogP contribution in [0.4, 0.5) is 16.2 Å². The molecule has 25 heavy (non-hydrogen) atoms. The van der Waals surface area contributed by atoms with Crippen molar-refractivity contribution in [3.05, 3.63) is 54.1 Å². The van der Waals surface area contributed by atoms with Gasteiger partial charge >= 0.3 is 6.03 Å². The van der Waals surface area contributed by atoms with Gasteiger partial charge in [0.25, 0.3) is 5.91 Å². The molecule has 0 radical (unpaired) electrons. The number of ether oxygens (including phenoxy) is 1. The molecule has 0 saturated carbocycles. The van der Waals surface area contributed by atoms with E-state index in [1.54, 1.807) is 43.5 Å². The van der Waals surface area contributed by atoms with Crippen LogP contribution in [0.1, 0.15) is 23.2 Å². The molecule has 0 bridgehead atoms. The van der Waals surface area contributed by atoms with Gasteiger partial charge in [0.05, 0.1) is 12.8 Å². The fourth-order valence-corrected chi connectivity index (χ4v) is 2.83. The second-order valence-electron chi connectivity index (χ2n) is 5.86. The number of amides is 3. The van der Waals surface area contributed by atoms with Gasteiger partial charge in [-0.3, -0.25) is 4.79 Å². The van der Waals surface area contributed by atoms with Crippen molar-refractivity contribution < 1.29 is 14.3 Å². The van der Waals surface area contributed by atoms with E-state index in [-0.39, 0.29) is 11.9 Å². The zero-order valence-corrected chi connectivity index (χ0v) is 14.1. The number of hydrogen-bond acceptors (Lipinski definition) is 3. The monoisotopic (exact) mass is 339 g/mol. The molecule has 2 N–H and O–H groups in total. The van der Waals surface area contributed by atoms with Crippen molar-refractivity contribution in [2.24, 2.45) is 0 Å². The van der Waals surface area contributed by atoms with Crippen molar-refractivity contribution in [3.8, 4) is 5.75 Å². The van der Waals surface area contributed by atoms with Gasteiger partial charge < -0.3 is 20.3 Å². The SMILES string of the molecule is COc1ccccc1NC(=O)Nc1ccc(C(=O)N2CCCC2)cc1. The van der Waals surface area contributed by atoms with Gasteiger partial charge in [0, 0.05) is 24.3 Å². The number of rotatable bonds is 4. The molecule has 6 nitrogen and oxygen atoms in total. The predicted molar refractivity (Wildman–Crippen MR) is 97.2 cm³/mol. The van der Waals surface area contributed by atoms with Crippen molar-refractivity contribution in [3.63, 3.8) is 0 Å². The van der Waals surface area contributed by atoms with E-state index in [1.165, 1.54) is 0 Å². The number of carbonyl (C=O) groups is 2. The predicted octanol–water partition coefficient (Wildman–Crippen LogP) is 3.58. The van der Waals surface area contributed by atoms with Crippen LogP contribution in [0.3, 0.4) is 0 Å². The average molecular weight is 339 g/mol. The maximum Gasteiger partial charge on any atom is 0.323 e. The van der Waals surface area contributed by atoms with E-state index in [0.717, 1.165) is 25.9 Å². The molecular formula is C19H21N3O3. The molecule has 130 valence electrons. The highest BCUT2D eigenvalue weighted by molar-refractivity contribution is 6.01. The van der Waals surface area contributed by atoms with E-state index in [1.807, 2.05) is 17.0 Å². The summed E-state index contributed by atoms with van der Waals surface area (Å²) in [7, 11) is 1.55. The van der Waals surface area contributed by atoms with E-state index in [4.69, 9.17) is 4.74 Å². The smallest absolute Gasteiger partial charge is 0.323 e. The largest absolute Gasteiger partial charge is 0.495 e. The Morgan fingerprint density at radius 2 is 1.64 bits per heavy atom. The van der Waals surface area contributed by atoms with E-state index < -0.39 is 0 Å². The molecule has 1 fully saturated rings. The number of nitrogens with one attached hydrogen (secondary N) is 2. The fraction of sp³-hybridized carbons (Fsp3) is 0.263. The third kappa shape index (κ3) is 4.09. The summed E-state index contributed by atoms with van der Waals surface area (Å²) >= 11 is 0. The van der Waals surface area contributed by atoms with Gasteiger partial charge in [-0.25, -0.2) is 4.79 Å². The topological polar surface area (TPSA) is 70.7 Å². The second-order valence-corrected chi connectivity index (χ2v) is 5.86. The number of nitrogens with zero attached hydrogens (tertiary/aromatic N) is 1. The molecule has 1 saturated heterocycles. The molecule has 0 spiro atoms. The summed E-state index contributed by atoms with van der Waals surface area (Å²) in [6.07, 6.45) is 2.13. The summed E-state index contributed by atoms with van der Waals surface area (Å²) < 4.78 is 5.20. The van der Waals surface area contributed by atoms with Gasteiger partial charge in [-0.05, 0) is 49.2 Å². The molecule has 6 heteroatoms. The lowest BCUT2D eigenvalue weighted by molar-refractivity contribution is 0.0793. The van der Waals surface area contributed by atoms with Crippen molar-refractivity contribution in [2.75, 3.05) is 30.8 Å². The molecule has 3 rings (SSSR count). The van der Waals surface area contributed by atoms with Crippen molar-refractivity contribution >= 4 is 23.3 Å². The number of para-hydroxylation sites is 2. The van der Waals surface area contributed by atoms with Crippen molar-refractivity contribution in [1.29, 1.82) is 0 Å². The molecule has 3 amide bonds. The Labute approximate surface area is 146 Å². The van der Waals surface area contributed by atoms with E-state index >= 15 is 0 Å². The lowest BCUT2D eigenvalue weighted by Gasteiger charge is -2.15. The lowest BCUT2D eigenvalue weighted by Crippen LogP contribution is -2.27. The first-order chi connectivity index (χ1) is 12.2. The van der Waals surface area contributed by atoms with Crippen LogP contribution in [-0.2, 0) is 0 Å². The van der Waals surface area contributed by atoms with Crippen LogP contribution >= 0.6 is 0 Å². The Kier molecular flexibility index (Phi) is 5.18. The molecule has 0 aliphatic carbocycles. The van der Waals surface area contributed by atoms with Crippen LogP contribution in [0.2, 0.25) is 0 Å². The number of anilines is 2. The van der Waals surface area contributed by atoms with Gasteiger partial charge in [0.15, 0.2) is 0 Å². The minimum Gasteiger partial charge on any atom is -0.495 e. The summed E-state index contributed by atoms with van der Waals surface area (Å²) in [5.74, 6) is 0.631. The van der Waals surface area contributed by atoms with Crippen molar-refractivity contribution in [2.45, 2.75) is 12.8 Å². The minimum atomic E-state index is -0.372. The zero-order valence-electron chi connectivity index (χ0n) is 14.1. The quantitative estimate of drug-likeness (QED) is 0.894. The van der Waals surface area contributed by atoms with Gasteiger partial charge in [0.2, 0.25) is 0 Å². The first-order valence-corrected chi connectivity index (χ1v) is 8.28. The second kappa shape index (κ2) is 7.70. The van der Waals surface area contributed by atoms with Crippen LogP contribution in [0.15, 0.2) is 48.5 Å². The highest BCUT2D eigenvalue weighted by Crippen LogP contribution is 2.23. The minimum absolute atomic E-state index is 0.0440. The molecule has 0 aromatic heterocycles. The average Bonchev–Trinajstić information content (AvgIpc) is 3.17. The molecule has 0 atom stereocenters. The van der Waals surface area contributed by atoms with Crippen LogP contribution in [0, 0.1) is 0 Å². The maximum atomic E-state index is 12.3. The third-order valence-electron chi connectivity index (χ3n) is 4.14. The van der Waals surface area contributed by atoms with Gasteiger partial charge in [-0.15, -0.1) is 0 Å². The summed E-state index contributed by atoms with van der Waals surface area (Å²) in [6, 6.07) is 13.7. The first kappa shape index (κ1) is 16.8. The maximum absolute atomic E-state index is 12.3. The molecule has 0 unspecified atom stereocenters. The van der Waals surface area contributed by atoms with Gasteiger partial charge in [-0.2, -0.15) is 0 Å². The van der Waals surface area contributed by atoms with E-state index in [2.05, 4.69) is 10.6 Å². The number of methoxy groups -OCH3 is 1. The molecule has 2 aromatic rings. The standard InChI is InChI=1S/C19H21N3O3/c1-25-17-7-3-2-6-16(17)21-19(24)20-15-10-8-14(9-11-15)18(23)22-12-4-5-13-22/h2-3,6-11H,4-5,12-13H2,1H3,(H2,20,21,24). The third-order valence-corrected chi connectivity index (χ3v) is 4.14. The number of urea groups is 1. The molecular weight excluding hydrogens is 318 g/mol. The summed E-state index contributed by atoms with van der Waals surface area (Å²) in [5.41, 5.74) is 1.84. The van der Waals surface area contributed by atoms with Crippen molar-refractivity contribution in [1.82, 2.24) is 4.90 Å². The van der Waals surface area contributed by atoms with Gasteiger partial charge in [-0.1, -0.05) is 12.1 Å². The van der Waals surface area contributed by atoms with Crippen LogP contribution < -0.4 is 15.4 Å². The van der Waals surface area contributed by atoms with Crippen LogP contribution in [-0.4, -0.2) is 37.0 Å². The Morgan fingerprint density at radius 3 is 2.32 bits per heavy atom. The molecule has 1 aliphatic heterocycles. The first-order valence-electron chi connectivity index (χ1n) is 8.28. The van der Waals surface area contributed by atoms with E-state index in [9.17, 15) is 9.59 Å². The van der Waals surface area contributed by atoms with E-state index in [0.29, 0.717) is 22.7 Å². The van der Waals surface area contributed by atoms with Crippen LogP contribution in [0.25, 0.3) is 0 Å². The number of carbonyl (C=O) groups excluding carboxylic acids is 2. The Bertz CT molecular complexity index is 753. The summed E-state index contributed by atoms with van der Waals surface area (Å²) in [6.45, 7) is 1.64. The summed E-state index contributed by atoms with van der Waals surface area (Å²) in [4.78, 5) is 26.3. The molecule has 1 heterocycles. The number of benzene rings is 2. The highest BCUT2D eigenvalue weighted by atomic mass is 16.5. The Balaban J connectivity index is 1.61. The lowest BCUT2D eigenvalue weighted by atomic mass is 10.2. The normalized spacial score (nSPS) is 13.4.